The zero-order chi connectivity index (χ0) is 17.5. The van der Waals surface area contributed by atoms with Crippen LogP contribution >= 0.6 is 0 Å². The summed E-state index contributed by atoms with van der Waals surface area (Å²) in [5, 5.41) is 3.07. The minimum absolute atomic E-state index is 0.0189. The molecule has 0 saturated carbocycles. The first-order chi connectivity index (χ1) is 12.2. The third-order valence-corrected chi connectivity index (χ3v) is 4.73. The van der Waals surface area contributed by atoms with Crippen molar-refractivity contribution in [1.82, 2.24) is 15.2 Å². The van der Waals surface area contributed by atoms with Crippen LogP contribution in [0.15, 0.2) is 54.9 Å². The van der Waals surface area contributed by atoms with Crippen LogP contribution in [0.5, 0.6) is 0 Å². The maximum Gasteiger partial charge on any atom is 0.221 e. The minimum atomic E-state index is 0.0189. The van der Waals surface area contributed by atoms with E-state index < -0.39 is 0 Å². The van der Waals surface area contributed by atoms with Crippen molar-refractivity contribution in [2.75, 3.05) is 37.6 Å². The molecule has 1 fully saturated rings. The summed E-state index contributed by atoms with van der Waals surface area (Å²) >= 11 is 0. The first-order valence-corrected chi connectivity index (χ1v) is 8.94. The highest BCUT2D eigenvalue weighted by molar-refractivity contribution is 5.76. The van der Waals surface area contributed by atoms with Gasteiger partial charge in [0, 0.05) is 57.2 Å². The van der Waals surface area contributed by atoms with Crippen molar-refractivity contribution in [1.29, 1.82) is 0 Å². The molecule has 1 saturated heterocycles. The summed E-state index contributed by atoms with van der Waals surface area (Å²) in [7, 11) is 0. The van der Waals surface area contributed by atoms with Crippen LogP contribution in [0, 0.1) is 0 Å². The Morgan fingerprint density at radius 2 is 1.76 bits per heavy atom. The normalized spacial score (nSPS) is 16.4. The average Bonchev–Trinajstić information content (AvgIpc) is 2.68. The van der Waals surface area contributed by atoms with Crippen LogP contribution in [0.25, 0.3) is 0 Å². The lowest BCUT2D eigenvalue weighted by Crippen LogP contribution is -2.47. The number of hydrogen-bond donors (Lipinski definition) is 1. The van der Waals surface area contributed by atoms with Gasteiger partial charge in [-0.1, -0.05) is 18.2 Å². The minimum Gasteiger partial charge on any atom is -0.369 e. The molecule has 5 heteroatoms. The Bertz CT molecular complexity index is 654. The molecule has 5 nitrogen and oxygen atoms in total. The zero-order valence-corrected chi connectivity index (χ0v) is 14.8. The maximum absolute atomic E-state index is 12.2. The number of anilines is 1. The van der Waals surface area contributed by atoms with Crippen LogP contribution in [0.3, 0.4) is 0 Å². The van der Waals surface area contributed by atoms with E-state index in [2.05, 4.69) is 44.4 Å². The molecule has 0 radical (unpaired) electrons. The van der Waals surface area contributed by atoms with E-state index in [1.54, 1.807) is 12.4 Å². The number of aromatic nitrogens is 1. The molecule has 1 amide bonds. The van der Waals surface area contributed by atoms with E-state index >= 15 is 0 Å². The lowest BCUT2D eigenvalue weighted by molar-refractivity contribution is -0.122. The van der Waals surface area contributed by atoms with Gasteiger partial charge in [-0.05, 0) is 36.8 Å². The molecule has 25 heavy (non-hydrogen) atoms. The van der Waals surface area contributed by atoms with Gasteiger partial charge < -0.3 is 10.2 Å². The Labute approximate surface area is 149 Å². The van der Waals surface area contributed by atoms with Crippen LogP contribution < -0.4 is 10.2 Å². The number of carbonyl (C=O) groups is 1. The van der Waals surface area contributed by atoms with Gasteiger partial charge in [0.25, 0.3) is 0 Å². The molecule has 0 unspecified atom stereocenters. The molecule has 0 spiro atoms. The Kier molecular flexibility index (Phi) is 6.01. The van der Waals surface area contributed by atoms with Crippen molar-refractivity contribution in [3.63, 3.8) is 0 Å². The summed E-state index contributed by atoms with van der Waals surface area (Å²) < 4.78 is 0. The number of nitrogens with one attached hydrogen (secondary N) is 1. The third-order valence-electron chi connectivity index (χ3n) is 4.73. The van der Waals surface area contributed by atoms with Crippen LogP contribution in [0.4, 0.5) is 5.69 Å². The molecule has 1 aromatic heterocycles. The number of carbonyl (C=O) groups excluding carboxylic acids is 1. The summed E-state index contributed by atoms with van der Waals surface area (Å²) in [6.07, 6.45) is 4.05. The second-order valence-electron chi connectivity index (χ2n) is 6.48. The molecule has 0 bridgehead atoms. The molecule has 3 rings (SSSR count). The highest BCUT2D eigenvalue weighted by Crippen LogP contribution is 2.15. The van der Waals surface area contributed by atoms with Crippen LogP contribution in [-0.2, 0) is 4.79 Å². The summed E-state index contributed by atoms with van der Waals surface area (Å²) in [6.45, 7) is 6.85. The van der Waals surface area contributed by atoms with Crippen LogP contribution in [0.1, 0.15) is 24.9 Å². The van der Waals surface area contributed by atoms with Crippen molar-refractivity contribution >= 4 is 11.6 Å². The van der Waals surface area contributed by atoms with Gasteiger partial charge in [0.1, 0.15) is 0 Å². The highest BCUT2D eigenvalue weighted by atomic mass is 16.1. The molecule has 2 heterocycles. The second-order valence-corrected chi connectivity index (χ2v) is 6.48. The lowest BCUT2D eigenvalue weighted by atomic mass is 10.1. The fourth-order valence-electron chi connectivity index (χ4n) is 3.18. The summed E-state index contributed by atoms with van der Waals surface area (Å²) in [5.41, 5.74) is 2.37. The first-order valence-electron chi connectivity index (χ1n) is 8.94. The first kappa shape index (κ1) is 17.4. The van der Waals surface area contributed by atoms with Gasteiger partial charge in [0.2, 0.25) is 5.91 Å². The summed E-state index contributed by atoms with van der Waals surface area (Å²) in [6, 6.07) is 14.4. The summed E-state index contributed by atoms with van der Waals surface area (Å²) in [4.78, 5) is 21.0. The van der Waals surface area contributed by atoms with Crippen molar-refractivity contribution in [3.8, 4) is 0 Å². The maximum atomic E-state index is 12.2. The predicted molar refractivity (Wildman–Crippen MR) is 101 cm³/mol. The van der Waals surface area contributed by atoms with E-state index in [0.29, 0.717) is 6.42 Å². The molecule has 1 aliphatic heterocycles. The van der Waals surface area contributed by atoms with E-state index in [1.165, 1.54) is 5.69 Å². The van der Waals surface area contributed by atoms with Gasteiger partial charge in [0.15, 0.2) is 0 Å². The van der Waals surface area contributed by atoms with Crippen molar-refractivity contribution in [2.45, 2.75) is 19.4 Å². The van der Waals surface area contributed by atoms with E-state index in [0.717, 1.165) is 38.3 Å². The van der Waals surface area contributed by atoms with Gasteiger partial charge in [-0.3, -0.25) is 14.7 Å². The number of piperazine rings is 1. The number of rotatable bonds is 6. The SMILES string of the molecule is C[C@H](NC(=O)CCN1CCN(c2ccccc2)CC1)c1ccncc1. The third kappa shape index (κ3) is 5.03. The van der Waals surface area contributed by atoms with Gasteiger partial charge in [-0.15, -0.1) is 0 Å². The van der Waals surface area contributed by atoms with Crippen LogP contribution in [0.2, 0.25) is 0 Å². The van der Waals surface area contributed by atoms with E-state index in [4.69, 9.17) is 0 Å². The van der Waals surface area contributed by atoms with Crippen molar-refractivity contribution < 1.29 is 4.79 Å². The Hall–Kier alpha value is -2.40. The summed E-state index contributed by atoms with van der Waals surface area (Å²) in [5.74, 6) is 0.106. The van der Waals surface area contributed by atoms with Crippen molar-refractivity contribution in [3.05, 3.63) is 60.4 Å². The number of pyridine rings is 1. The number of nitrogens with zero attached hydrogens (tertiary/aromatic N) is 3. The van der Waals surface area contributed by atoms with Gasteiger partial charge >= 0.3 is 0 Å². The number of amides is 1. The largest absolute Gasteiger partial charge is 0.369 e. The molecule has 0 aliphatic carbocycles. The Morgan fingerprint density at radius 1 is 1.08 bits per heavy atom. The molecular formula is C20H26N4O. The number of benzene rings is 1. The zero-order valence-electron chi connectivity index (χ0n) is 14.8. The molecule has 1 aromatic carbocycles. The average molecular weight is 338 g/mol. The molecule has 132 valence electrons. The number of hydrogen-bond acceptors (Lipinski definition) is 4. The van der Waals surface area contributed by atoms with Crippen molar-refractivity contribution in [2.24, 2.45) is 0 Å². The van der Waals surface area contributed by atoms with Crippen LogP contribution in [-0.4, -0.2) is 48.5 Å². The standard InChI is InChI=1S/C20H26N4O/c1-17(18-7-10-21-11-8-18)22-20(25)9-12-23-13-15-24(16-14-23)19-5-3-2-4-6-19/h2-8,10-11,17H,9,12-16H2,1H3,(H,22,25)/t17-/m0/s1. The quantitative estimate of drug-likeness (QED) is 0.879. The topological polar surface area (TPSA) is 48.5 Å². The number of para-hydroxylation sites is 1. The van der Waals surface area contributed by atoms with Gasteiger partial charge in [0.05, 0.1) is 6.04 Å². The Morgan fingerprint density at radius 3 is 2.44 bits per heavy atom. The molecular weight excluding hydrogens is 312 g/mol. The Balaban J connectivity index is 1.39. The lowest BCUT2D eigenvalue weighted by Gasteiger charge is -2.36. The predicted octanol–water partition coefficient (Wildman–Crippen LogP) is 2.47. The molecule has 1 N–H and O–H groups in total. The monoisotopic (exact) mass is 338 g/mol. The second kappa shape index (κ2) is 8.62. The van der Waals surface area contributed by atoms with E-state index in [1.807, 2.05) is 25.1 Å². The van der Waals surface area contributed by atoms with Gasteiger partial charge in [-0.25, -0.2) is 0 Å². The smallest absolute Gasteiger partial charge is 0.221 e. The molecule has 1 aliphatic rings. The highest BCUT2D eigenvalue weighted by Gasteiger charge is 2.18. The molecule has 1 atom stereocenters. The fourth-order valence-corrected chi connectivity index (χ4v) is 3.18. The molecule has 2 aromatic rings. The van der Waals surface area contributed by atoms with E-state index in [-0.39, 0.29) is 11.9 Å². The van der Waals surface area contributed by atoms with E-state index in [9.17, 15) is 4.79 Å². The fraction of sp³-hybridized carbons (Fsp3) is 0.400. The van der Waals surface area contributed by atoms with Gasteiger partial charge in [-0.2, -0.15) is 0 Å².